The highest BCUT2D eigenvalue weighted by Crippen LogP contribution is 2.38. The fraction of sp³-hybridized carbons (Fsp3) is 0.188. The number of anilines is 2. The van der Waals surface area contributed by atoms with Crippen molar-refractivity contribution in [3.8, 4) is 11.8 Å². The van der Waals surface area contributed by atoms with E-state index in [1.807, 2.05) is 6.07 Å². The second kappa shape index (κ2) is 7.17. The molecule has 0 aliphatic rings. The molecule has 2 aromatic rings. The minimum Gasteiger partial charge on any atom is -0.488 e. The maximum atomic E-state index is 13.2. The number of hydrogen-bond donors (Lipinski definition) is 1. The van der Waals surface area contributed by atoms with Gasteiger partial charge in [-0.25, -0.2) is 8.78 Å². The van der Waals surface area contributed by atoms with Crippen molar-refractivity contribution in [2.24, 2.45) is 0 Å². The van der Waals surface area contributed by atoms with Gasteiger partial charge in [0.1, 0.15) is 12.4 Å². The van der Waals surface area contributed by atoms with Gasteiger partial charge in [-0.3, -0.25) is 0 Å². The SMILES string of the molecule is N#Cc1ccc(Nc2ccc(OCC(F)F)cc2C(F)(F)F)cc1. The van der Waals surface area contributed by atoms with Crippen molar-refractivity contribution in [2.75, 3.05) is 11.9 Å². The first kappa shape index (κ1) is 17.5. The third-order valence-corrected chi connectivity index (χ3v) is 2.97. The Bertz CT molecular complexity index is 736. The van der Waals surface area contributed by atoms with E-state index in [1.165, 1.54) is 30.3 Å². The lowest BCUT2D eigenvalue weighted by molar-refractivity contribution is -0.137. The number of rotatable bonds is 5. The van der Waals surface area contributed by atoms with Gasteiger partial charge in [0.15, 0.2) is 0 Å². The summed E-state index contributed by atoms with van der Waals surface area (Å²) in [5.41, 5.74) is -0.580. The van der Waals surface area contributed by atoms with Crippen LogP contribution >= 0.6 is 0 Å². The maximum Gasteiger partial charge on any atom is 0.418 e. The zero-order chi connectivity index (χ0) is 17.7. The predicted octanol–water partition coefficient (Wildman–Crippen LogP) is 4.96. The van der Waals surface area contributed by atoms with E-state index in [1.54, 1.807) is 0 Å². The summed E-state index contributed by atoms with van der Waals surface area (Å²) in [6, 6.07) is 10.7. The van der Waals surface area contributed by atoms with E-state index in [2.05, 4.69) is 10.1 Å². The number of alkyl halides is 5. The summed E-state index contributed by atoms with van der Waals surface area (Å²) in [5, 5.41) is 11.3. The molecule has 0 fully saturated rings. The number of benzene rings is 2. The summed E-state index contributed by atoms with van der Waals surface area (Å²) in [6.45, 7) is -0.986. The largest absolute Gasteiger partial charge is 0.488 e. The average Bonchev–Trinajstić information content (AvgIpc) is 2.53. The van der Waals surface area contributed by atoms with Crippen LogP contribution in [0.4, 0.5) is 33.3 Å². The Morgan fingerprint density at radius 2 is 1.75 bits per heavy atom. The molecule has 1 N–H and O–H groups in total. The van der Waals surface area contributed by atoms with Crippen molar-refractivity contribution < 1.29 is 26.7 Å². The van der Waals surface area contributed by atoms with Gasteiger partial charge in [-0.2, -0.15) is 18.4 Å². The lowest BCUT2D eigenvalue weighted by Gasteiger charge is -2.16. The van der Waals surface area contributed by atoms with Crippen LogP contribution in [0.25, 0.3) is 0 Å². The standard InChI is InChI=1S/C16H11F5N2O/c17-15(18)9-24-12-5-6-14(13(7-12)16(19,20)21)23-11-3-1-10(8-22)2-4-11/h1-7,15,23H,9H2. The minimum absolute atomic E-state index is 0.253. The molecule has 0 amide bonds. The Kier molecular flexibility index (Phi) is 5.24. The Hall–Kier alpha value is -2.82. The fourth-order valence-electron chi connectivity index (χ4n) is 1.90. The number of hydrogen-bond acceptors (Lipinski definition) is 3. The van der Waals surface area contributed by atoms with Crippen LogP contribution in [0, 0.1) is 11.3 Å². The lowest BCUT2D eigenvalue weighted by Crippen LogP contribution is -2.11. The van der Waals surface area contributed by atoms with Crippen LogP contribution in [0.5, 0.6) is 5.75 Å². The second-order valence-corrected chi connectivity index (χ2v) is 4.72. The van der Waals surface area contributed by atoms with Crippen LogP contribution in [0.3, 0.4) is 0 Å². The number of nitrogens with zero attached hydrogens (tertiary/aromatic N) is 1. The van der Waals surface area contributed by atoms with Crippen molar-refractivity contribution in [1.29, 1.82) is 5.26 Å². The van der Waals surface area contributed by atoms with Crippen LogP contribution in [-0.4, -0.2) is 13.0 Å². The summed E-state index contributed by atoms with van der Waals surface area (Å²) in [7, 11) is 0. The van der Waals surface area contributed by atoms with E-state index in [0.717, 1.165) is 6.07 Å². The summed E-state index contributed by atoms with van der Waals surface area (Å²) in [4.78, 5) is 0. The fourth-order valence-corrected chi connectivity index (χ4v) is 1.90. The average molecular weight is 342 g/mol. The summed E-state index contributed by atoms with van der Waals surface area (Å²) < 4.78 is 68.3. The van der Waals surface area contributed by atoms with Crippen LogP contribution in [0.1, 0.15) is 11.1 Å². The van der Waals surface area contributed by atoms with E-state index in [-0.39, 0.29) is 11.4 Å². The van der Waals surface area contributed by atoms with Crippen LogP contribution in [0.15, 0.2) is 42.5 Å². The molecule has 0 spiro atoms. The zero-order valence-electron chi connectivity index (χ0n) is 12.1. The van der Waals surface area contributed by atoms with Crippen molar-refractivity contribution >= 4 is 11.4 Å². The third kappa shape index (κ3) is 4.59. The van der Waals surface area contributed by atoms with Gasteiger partial charge in [0.2, 0.25) is 0 Å². The molecule has 2 aromatic carbocycles. The molecular weight excluding hydrogens is 331 g/mol. The van der Waals surface area contributed by atoms with Gasteiger partial charge >= 0.3 is 6.18 Å². The number of nitrogens with one attached hydrogen (secondary N) is 1. The molecule has 0 radical (unpaired) electrons. The molecule has 0 aliphatic carbocycles. The molecule has 0 heterocycles. The van der Waals surface area contributed by atoms with Crippen molar-refractivity contribution in [2.45, 2.75) is 12.6 Å². The second-order valence-electron chi connectivity index (χ2n) is 4.72. The highest BCUT2D eigenvalue weighted by molar-refractivity contribution is 5.65. The summed E-state index contributed by atoms with van der Waals surface area (Å²) >= 11 is 0. The highest BCUT2D eigenvalue weighted by Gasteiger charge is 2.34. The van der Waals surface area contributed by atoms with Gasteiger partial charge in [0.25, 0.3) is 6.43 Å². The monoisotopic (exact) mass is 342 g/mol. The quantitative estimate of drug-likeness (QED) is 0.781. The summed E-state index contributed by atoms with van der Waals surface area (Å²) in [6.07, 6.45) is -7.48. The third-order valence-electron chi connectivity index (χ3n) is 2.97. The van der Waals surface area contributed by atoms with Gasteiger partial charge in [0, 0.05) is 5.69 Å². The topological polar surface area (TPSA) is 45.0 Å². The first-order valence-electron chi connectivity index (χ1n) is 6.69. The van der Waals surface area contributed by atoms with Gasteiger partial charge in [0.05, 0.1) is 22.9 Å². The van der Waals surface area contributed by atoms with Gasteiger partial charge < -0.3 is 10.1 Å². The highest BCUT2D eigenvalue weighted by atomic mass is 19.4. The molecular formula is C16H11F5N2O. The molecule has 0 bridgehead atoms. The Labute approximate surface area is 134 Å². The van der Waals surface area contributed by atoms with Crippen LogP contribution in [0.2, 0.25) is 0 Å². The molecule has 24 heavy (non-hydrogen) atoms. The zero-order valence-corrected chi connectivity index (χ0v) is 12.1. The first-order valence-corrected chi connectivity index (χ1v) is 6.69. The number of ether oxygens (including phenoxy) is 1. The smallest absolute Gasteiger partial charge is 0.418 e. The molecule has 2 rings (SSSR count). The molecule has 0 aliphatic heterocycles. The Morgan fingerprint density at radius 1 is 1.08 bits per heavy atom. The van der Waals surface area contributed by atoms with E-state index in [9.17, 15) is 22.0 Å². The predicted molar refractivity (Wildman–Crippen MR) is 77.4 cm³/mol. The van der Waals surface area contributed by atoms with E-state index in [0.29, 0.717) is 17.3 Å². The van der Waals surface area contributed by atoms with Crippen LogP contribution in [-0.2, 0) is 6.18 Å². The first-order chi connectivity index (χ1) is 11.3. The van der Waals surface area contributed by atoms with Gasteiger partial charge in [-0.15, -0.1) is 0 Å². The molecule has 3 nitrogen and oxygen atoms in total. The molecule has 0 unspecified atom stereocenters. The van der Waals surface area contributed by atoms with Crippen molar-refractivity contribution in [1.82, 2.24) is 0 Å². The minimum atomic E-state index is -4.70. The molecule has 8 heteroatoms. The van der Waals surface area contributed by atoms with E-state index >= 15 is 0 Å². The van der Waals surface area contributed by atoms with E-state index in [4.69, 9.17) is 5.26 Å². The molecule has 0 atom stereocenters. The van der Waals surface area contributed by atoms with Gasteiger partial charge in [-0.05, 0) is 42.5 Å². The van der Waals surface area contributed by atoms with Crippen molar-refractivity contribution in [3.63, 3.8) is 0 Å². The molecule has 0 aromatic heterocycles. The number of halogens is 5. The molecule has 126 valence electrons. The van der Waals surface area contributed by atoms with Crippen molar-refractivity contribution in [3.05, 3.63) is 53.6 Å². The Balaban J connectivity index is 2.29. The molecule has 0 saturated carbocycles. The molecule has 0 saturated heterocycles. The summed E-state index contributed by atoms with van der Waals surface area (Å²) in [5.74, 6) is -0.298. The van der Waals surface area contributed by atoms with E-state index < -0.39 is 24.8 Å². The number of nitriles is 1. The maximum absolute atomic E-state index is 13.2. The normalized spacial score (nSPS) is 11.2. The van der Waals surface area contributed by atoms with Gasteiger partial charge in [-0.1, -0.05) is 0 Å². The lowest BCUT2D eigenvalue weighted by atomic mass is 10.1. The Morgan fingerprint density at radius 3 is 2.29 bits per heavy atom. The van der Waals surface area contributed by atoms with Crippen LogP contribution < -0.4 is 10.1 Å².